The lowest BCUT2D eigenvalue weighted by atomic mass is 10.2. The van der Waals surface area contributed by atoms with Crippen LogP contribution in [0.5, 0.6) is 0 Å². The van der Waals surface area contributed by atoms with Crippen LogP contribution in [-0.2, 0) is 10.0 Å². The zero-order valence-electron chi connectivity index (χ0n) is 12.8. The maximum absolute atomic E-state index is 12.5. The Hall–Kier alpha value is -1.86. The molecule has 1 aromatic rings. The second kappa shape index (κ2) is 7.95. The lowest BCUT2D eigenvalue weighted by molar-refractivity contribution is 0.0696. The van der Waals surface area contributed by atoms with E-state index < -0.39 is 16.0 Å². The molecule has 0 fully saturated rings. The van der Waals surface area contributed by atoms with Gasteiger partial charge in [0, 0.05) is 12.6 Å². The van der Waals surface area contributed by atoms with E-state index in [-0.39, 0.29) is 16.5 Å². The first kappa shape index (κ1) is 18.2. The fraction of sp³-hybridized carbons (Fsp3) is 0.400. The molecule has 0 aliphatic rings. The quantitative estimate of drug-likeness (QED) is 0.606. The molecule has 1 rings (SSSR count). The number of hydrogen-bond acceptors (Lipinski definition) is 4. The second-order valence-electron chi connectivity index (χ2n) is 5.00. The van der Waals surface area contributed by atoms with Crippen molar-refractivity contribution in [3.8, 4) is 0 Å². The normalized spacial score (nSPS) is 12.6. The minimum Gasteiger partial charge on any atom is -0.478 e. The molecule has 0 heterocycles. The van der Waals surface area contributed by atoms with E-state index in [1.807, 2.05) is 6.92 Å². The molecule has 22 heavy (non-hydrogen) atoms. The van der Waals surface area contributed by atoms with Crippen molar-refractivity contribution < 1.29 is 18.3 Å². The van der Waals surface area contributed by atoms with Crippen LogP contribution >= 0.6 is 0 Å². The lowest BCUT2D eigenvalue weighted by Gasteiger charge is -2.16. The molecule has 122 valence electrons. The number of nitrogens with one attached hydrogen (secondary N) is 2. The van der Waals surface area contributed by atoms with E-state index in [1.54, 1.807) is 13.0 Å². The maximum atomic E-state index is 12.5. The summed E-state index contributed by atoms with van der Waals surface area (Å²) in [5.74, 6) is -1.17. The number of rotatable bonds is 9. The van der Waals surface area contributed by atoms with Gasteiger partial charge in [-0.15, -0.1) is 6.58 Å². The van der Waals surface area contributed by atoms with Crippen molar-refractivity contribution in [2.45, 2.75) is 37.6 Å². The smallest absolute Gasteiger partial charge is 0.335 e. The fourth-order valence-corrected chi connectivity index (χ4v) is 3.51. The molecule has 1 aromatic carbocycles. The van der Waals surface area contributed by atoms with Crippen LogP contribution in [0, 0.1) is 0 Å². The Morgan fingerprint density at radius 2 is 2.14 bits per heavy atom. The van der Waals surface area contributed by atoms with Gasteiger partial charge in [0.25, 0.3) is 0 Å². The van der Waals surface area contributed by atoms with Crippen LogP contribution in [0.15, 0.2) is 35.7 Å². The predicted octanol–water partition coefficient (Wildman–Crippen LogP) is 2.45. The van der Waals surface area contributed by atoms with Gasteiger partial charge in [0.15, 0.2) is 0 Å². The van der Waals surface area contributed by atoms with Crippen molar-refractivity contribution in [3.05, 3.63) is 36.4 Å². The molecule has 0 aromatic heterocycles. The van der Waals surface area contributed by atoms with Crippen molar-refractivity contribution in [1.82, 2.24) is 4.72 Å². The highest BCUT2D eigenvalue weighted by atomic mass is 32.2. The molecule has 0 saturated carbocycles. The number of anilines is 1. The Balaban J connectivity index is 3.24. The van der Waals surface area contributed by atoms with Gasteiger partial charge in [-0.05, 0) is 31.5 Å². The van der Waals surface area contributed by atoms with E-state index >= 15 is 0 Å². The monoisotopic (exact) mass is 326 g/mol. The van der Waals surface area contributed by atoms with Gasteiger partial charge in [-0.25, -0.2) is 17.9 Å². The topological polar surface area (TPSA) is 95.5 Å². The molecule has 0 spiro atoms. The average Bonchev–Trinajstić information content (AvgIpc) is 2.44. The van der Waals surface area contributed by atoms with Crippen molar-refractivity contribution in [3.63, 3.8) is 0 Å². The van der Waals surface area contributed by atoms with Gasteiger partial charge in [-0.1, -0.05) is 19.4 Å². The summed E-state index contributed by atoms with van der Waals surface area (Å²) in [5.41, 5.74) is 0.272. The van der Waals surface area contributed by atoms with Crippen LogP contribution < -0.4 is 10.0 Å². The summed E-state index contributed by atoms with van der Waals surface area (Å²) in [6, 6.07) is 3.75. The average molecular weight is 326 g/mol. The second-order valence-corrected chi connectivity index (χ2v) is 6.68. The van der Waals surface area contributed by atoms with Gasteiger partial charge in [0.2, 0.25) is 10.0 Å². The highest BCUT2D eigenvalue weighted by Crippen LogP contribution is 2.23. The summed E-state index contributed by atoms with van der Waals surface area (Å²) in [7, 11) is -3.81. The molecule has 0 aliphatic heterocycles. The van der Waals surface area contributed by atoms with Crippen molar-refractivity contribution in [2.75, 3.05) is 11.9 Å². The van der Waals surface area contributed by atoms with Gasteiger partial charge in [0.1, 0.15) is 4.90 Å². The number of aromatic carboxylic acids is 1. The fourth-order valence-electron chi connectivity index (χ4n) is 2.03. The van der Waals surface area contributed by atoms with Crippen LogP contribution in [0.4, 0.5) is 5.69 Å². The third-order valence-corrected chi connectivity index (χ3v) is 4.66. The Morgan fingerprint density at radius 1 is 1.45 bits per heavy atom. The molecule has 0 bridgehead atoms. The number of hydrogen-bond donors (Lipinski definition) is 3. The van der Waals surface area contributed by atoms with Crippen molar-refractivity contribution in [2.24, 2.45) is 0 Å². The standard InChI is InChI=1S/C15H22N2O4S/c1-4-6-11(3)17-22(20,21)14-10-12(15(18)19)7-8-13(14)16-9-5-2/h5,7-8,10-11,16-17H,2,4,6,9H2,1,3H3,(H,18,19). The van der Waals surface area contributed by atoms with Crippen LogP contribution in [-0.4, -0.2) is 32.1 Å². The van der Waals surface area contributed by atoms with Crippen LogP contribution in [0.25, 0.3) is 0 Å². The molecule has 1 atom stereocenters. The summed E-state index contributed by atoms with van der Waals surface area (Å²) in [5, 5.41) is 12.0. The minimum absolute atomic E-state index is 0.0720. The van der Waals surface area contributed by atoms with Gasteiger partial charge >= 0.3 is 5.97 Å². The van der Waals surface area contributed by atoms with Crippen molar-refractivity contribution >= 4 is 21.7 Å². The van der Waals surface area contributed by atoms with Gasteiger partial charge < -0.3 is 10.4 Å². The SMILES string of the molecule is C=CCNc1ccc(C(=O)O)cc1S(=O)(=O)NC(C)CCC. The molecule has 0 radical (unpaired) electrons. The summed E-state index contributed by atoms with van der Waals surface area (Å²) in [4.78, 5) is 11.0. The number of carboxylic acids is 1. The van der Waals surface area contributed by atoms with Gasteiger partial charge in [-0.2, -0.15) is 0 Å². The highest BCUT2D eigenvalue weighted by Gasteiger charge is 2.22. The van der Waals surface area contributed by atoms with Gasteiger partial charge in [0.05, 0.1) is 11.3 Å². The van der Waals surface area contributed by atoms with E-state index in [2.05, 4.69) is 16.6 Å². The van der Waals surface area contributed by atoms with Crippen molar-refractivity contribution in [1.29, 1.82) is 0 Å². The summed E-state index contributed by atoms with van der Waals surface area (Å²) < 4.78 is 27.6. The summed E-state index contributed by atoms with van der Waals surface area (Å²) in [6.07, 6.45) is 3.14. The van der Waals surface area contributed by atoms with E-state index in [0.29, 0.717) is 18.7 Å². The molecular formula is C15H22N2O4S. The minimum atomic E-state index is -3.81. The zero-order valence-corrected chi connectivity index (χ0v) is 13.6. The van der Waals surface area contributed by atoms with E-state index in [1.165, 1.54) is 12.1 Å². The molecular weight excluding hydrogens is 304 g/mol. The lowest BCUT2D eigenvalue weighted by Crippen LogP contribution is -2.33. The first-order valence-corrected chi connectivity index (χ1v) is 8.54. The third kappa shape index (κ3) is 4.85. The zero-order chi connectivity index (χ0) is 16.8. The number of sulfonamides is 1. The first-order valence-electron chi connectivity index (χ1n) is 7.06. The molecule has 1 unspecified atom stereocenters. The Morgan fingerprint density at radius 3 is 2.68 bits per heavy atom. The van der Waals surface area contributed by atoms with Crippen LogP contribution in [0.3, 0.4) is 0 Å². The highest BCUT2D eigenvalue weighted by molar-refractivity contribution is 7.89. The third-order valence-electron chi connectivity index (χ3n) is 3.03. The molecule has 0 aliphatic carbocycles. The molecule has 0 amide bonds. The Bertz CT molecular complexity index is 641. The molecule has 0 saturated heterocycles. The van der Waals surface area contributed by atoms with E-state index in [4.69, 9.17) is 5.11 Å². The predicted molar refractivity (Wildman–Crippen MR) is 86.8 cm³/mol. The Labute approximate surface area is 131 Å². The van der Waals surface area contributed by atoms with E-state index in [0.717, 1.165) is 12.5 Å². The largest absolute Gasteiger partial charge is 0.478 e. The Kier molecular flexibility index (Phi) is 6.58. The summed E-state index contributed by atoms with van der Waals surface area (Å²) >= 11 is 0. The maximum Gasteiger partial charge on any atom is 0.335 e. The molecule has 6 nitrogen and oxygen atoms in total. The van der Waals surface area contributed by atoms with Gasteiger partial charge in [-0.3, -0.25) is 0 Å². The van der Waals surface area contributed by atoms with Crippen LogP contribution in [0.1, 0.15) is 37.0 Å². The number of benzene rings is 1. The first-order chi connectivity index (χ1) is 10.3. The summed E-state index contributed by atoms with van der Waals surface area (Å²) in [6.45, 7) is 7.68. The molecule has 7 heteroatoms. The number of carboxylic acid groups (broad SMARTS) is 1. The number of carbonyl (C=O) groups is 1. The van der Waals surface area contributed by atoms with Crippen LogP contribution in [0.2, 0.25) is 0 Å². The molecule has 3 N–H and O–H groups in total. The van der Waals surface area contributed by atoms with E-state index in [9.17, 15) is 13.2 Å².